The van der Waals surface area contributed by atoms with Crippen LogP contribution in [0.5, 0.6) is 11.5 Å². The van der Waals surface area contributed by atoms with E-state index < -0.39 is 6.10 Å². The molecule has 1 aromatic heterocycles. The first-order chi connectivity index (χ1) is 15.6. The highest BCUT2D eigenvalue weighted by Gasteiger charge is 2.26. The summed E-state index contributed by atoms with van der Waals surface area (Å²) in [6.45, 7) is 2.08. The van der Waals surface area contributed by atoms with Crippen molar-refractivity contribution in [3.8, 4) is 11.5 Å². The Kier molecular flexibility index (Phi) is 6.51. The Hall–Kier alpha value is -3.65. The van der Waals surface area contributed by atoms with E-state index in [0.717, 1.165) is 47.5 Å². The van der Waals surface area contributed by atoms with Gasteiger partial charge in [-0.25, -0.2) is 9.97 Å². The van der Waals surface area contributed by atoms with Crippen LogP contribution < -0.4 is 20.5 Å². The van der Waals surface area contributed by atoms with Crippen LogP contribution in [0.25, 0.3) is 16.5 Å². The Labute approximate surface area is 187 Å². The van der Waals surface area contributed by atoms with Crippen molar-refractivity contribution in [3.05, 3.63) is 60.1 Å². The lowest BCUT2D eigenvalue weighted by Crippen LogP contribution is -2.24. The normalized spacial score (nSPS) is 15.7. The maximum atomic E-state index is 7.61. The predicted molar refractivity (Wildman–Crippen MR) is 127 cm³/mol. The molecule has 0 bridgehead atoms. The summed E-state index contributed by atoms with van der Waals surface area (Å²) in [7, 11) is 4.11. The number of hydrogen-bond acceptors (Lipinski definition) is 8. The molecule has 1 atom stereocenters. The number of rotatable bonds is 8. The molecule has 0 aliphatic carbocycles. The Bertz CT molecular complexity index is 1140. The zero-order valence-electron chi connectivity index (χ0n) is 18.3. The number of allylic oxidation sites excluding steroid dienone is 1. The molecule has 8 nitrogen and oxygen atoms in total. The van der Waals surface area contributed by atoms with Crippen LogP contribution in [-0.2, 0) is 0 Å². The molecule has 0 amide bonds. The van der Waals surface area contributed by atoms with Crippen LogP contribution in [-0.4, -0.2) is 54.9 Å². The van der Waals surface area contributed by atoms with E-state index in [4.69, 9.17) is 30.6 Å². The average molecular weight is 433 g/mol. The molecule has 8 heteroatoms. The van der Waals surface area contributed by atoms with Crippen molar-refractivity contribution in [2.24, 2.45) is 5.73 Å². The molecule has 4 rings (SSSR count). The third-order valence-electron chi connectivity index (χ3n) is 5.25. The number of hydrogen-bond donors (Lipinski definition) is 3. The first-order valence-corrected chi connectivity index (χ1v) is 10.6. The Balaban J connectivity index is 1.69. The van der Waals surface area contributed by atoms with E-state index in [1.165, 1.54) is 12.4 Å². The minimum atomic E-state index is -0.405. The summed E-state index contributed by atoms with van der Waals surface area (Å²) in [6.07, 6.45) is 3.24. The van der Waals surface area contributed by atoms with Gasteiger partial charge in [-0.05, 0) is 56.9 Å². The first kappa shape index (κ1) is 21.6. The van der Waals surface area contributed by atoms with Gasteiger partial charge in [0, 0.05) is 29.9 Å². The van der Waals surface area contributed by atoms with Gasteiger partial charge in [0.2, 0.25) is 0 Å². The SMILES string of the molecule is CN(C)CCCNc1nc(C2COc3ccccc3O2)nc2ccc(/C(C=N)=C/N)cc12. The van der Waals surface area contributed by atoms with E-state index in [-0.39, 0.29) is 0 Å². The van der Waals surface area contributed by atoms with Crippen LogP contribution in [0.4, 0.5) is 5.82 Å². The Morgan fingerprint density at radius 2 is 2.03 bits per heavy atom. The van der Waals surface area contributed by atoms with Crippen molar-refractivity contribution in [3.63, 3.8) is 0 Å². The number of para-hydroxylation sites is 2. The van der Waals surface area contributed by atoms with Crippen molar-refractivity contribution in [2.75, 3.05) is 39.1 Å². The van der Waals surface area contributed by atoms with Crippen molar-refractivity contribution < 1.29 is 9.47 Å². The lowest BCUT2D eigenvalue weighted by Gasteiger charge is -2.26. The maximum Gasteiger partial charge on any atom is 0.192 e. The van der Waals surface area contributed by atoms with E-state index >= 15 is 0 Å². The van der Waals surface area contributed by atoms with Gasteiger partial charge in [0.15, 0.2) is 23.4 Å². The summed E-state index contributed by atoms with van der Waals surface area (Å²) in [5.41, 5.74) is 7.95. The molecule has 0 fully saturated rings. The zero-order chi connectivity index (χ0) is 22.5. The van der Waals surface area contributed by atoms with Gasteiger partial charge in [-0.2, -0.15) is 0 Å². The minimum Gasteiger partial charge on any atom is -0.485 e. The number of benzene rings is 2. The van der Waals surface area contributed by atoms with Gasteiger partial charge in [-0.3, -0.25) is 0 Å². The quantitative estimate of drug-likeness (QED) is 0.369. The molecular formula is C24H28N6O2. The minimum absolute atomic E-state index is 0.342. The van der Waals surface area contributed by atoms with Crippen molar-refractivity contribution in [1.29, 1.82) is 5.41 Å². The van der Waals surface area contributed by atoms with Crippen LogP contribution in [0.3, 0.4) is 0 Å². The molecule has 166 valence electrons. The second-order valence-electron chi connectivity index (χ2n) is 7.88. The molecule has 2 heterocycles. The summed E-state index contributed by atoms with van der Waals surface area (Å²) in [6, 6.07) is 13.4. The molecule has 1 aliphatic heterocycles. The van der Waals surface area contributed by atoms with E-state index in [0.29, 0.717) is 23.8 Å². The van der Waals surface area contributed by atoms with Gasteiger partial charge < -0.3 is 30.8 Å². The largest absolute Gasteiger partial charge is 0.485 e. The molecular weight excluding hydrogens is 404 g/mol. The first-order valence-electron chi connectivity index (χ1n) is 10.6. The number of aromatic nitrogens is 2. The molecule has 0 radical (unpaired) electrons. The van der Waals surface area contributed by atoms with Crippen molar-refractivity contribution in [2.45, 2.75) is 12.5 Å². The van der Waals surface area contributed by atoms with E-state index in [2.05, 4.69) is 24.3 Å². The number of anilines is 1. The van der Waals surface area contributed by atoms with Gasteiger partial charge >= 0.3 is 0 Å². The summed E-state index contributed by atoms with van der Waals surface area (Å²) < 4.78 is 12.0. The second-order valence-corrected chi connectivity index (χ2v) is 7.88. The Morgan fingerprint density at radius 3 is 2.78 bits per heavy atom. The van der Waals surface area contributed by atoms with Crippen molar-refractivity contribution >= 4 is 28.5 Å². The van der Waals surface area contributed by atoms with E-state index in [9.17, 15) is 0 Å². The fourth-order valence-corrected chi connectivity index (χ4v) is 3.58. The summed E-state index contributed by atoms with van der Waals surface area (Å²) >= 11 is 0. The van der Waals surface area contributed by atoms with Gasteiger partial charge in [0.1, 0.15) is 12.4 Å². The monoisotopic (exact) mass is 432 g/mol. The maximum absolute atomic E-state index is 7.61. The molecule has 3 aromatic rings. The molecule has 0 spiro atoms. The highest BCUT2D eigenvalue weighted by molar-refractivity contribution is 6.09. The molecule has 1 unspecified atom stereocenters. The lowest BCUT2D eigenvalue weighted by molar-refractivity contribution is 0.0854. The highest BCUT2D eigenvalue weighted by Crippen LogP contribution is 2.36. The lowest BCUT2D eigenvalue weighted by atomic mass is 10.0. The second kappa shape index (κ2) is 9.65. The van der Waals surface area contributed by atoms with Crippen LogP contribution in [0, 0.1) is 5.41 Å². The fraction of sp³-hybridized carbons (Fsp3) is 0.292. The van der Waals surface area contributed by atoms with Gasteiger partial charge in [-0.15, -0.1) is 0 Å². The smallest absolute Gasteiger partial charge is 0.192 e. The average Bonchev–Trinajstić information content (AvgIpc) is 2.82. The fourth-order valence-electron chi connectivity index (χ4n) is 3.58. The summed E-state index contributed by atoms with van der Waals surface area (Å²) in [4.78, 5) is 11.7. The van der Waals surface area contributed by atoms with Gasteiger partial charge in [-0.1, -0.05) is 18.2 Å². The number of nitrogens with one attached hydrogen (secondary N) is 2. The van der Waals surface area contributed by atoms with Crippen molar-refractivity contribution in [1.82, 2.24) is 14.9 Å². The standard InChI is InChI=1S/C24H28N6O2/c1-30(2)11-5-10-27-23-18-12-16(17(13-25)14-26)8-9-19(18)28-24(29-23)22-15-31-20-6-3-4-7-21(20)32-22/h3-4,6-9,12-14,22,25H,5,10-11,15,26H2,1-2H3,(H,27,28,29)/b17-14+,25-13?. The highest BCUT2D eigenvalue weighted by atomic mass is 16.6. The number of nitrogens with two attached hydrogens (primary N) is 1. The third kappa shape index (κ3) is 4.65. The number of ether oxygens (including phenoxy) is 2. The number of fused-ring (bicyclic) bond motifs is 2. The van der Waals surface area contributed by atoms with E-state index in [1.54, 1.807) is 0 Å². The zero-order valence-corrected chi connectivity index (χ0v) is 18.3. The van der Waals surface area contributed by atoms with Gasteiger partial charge in [0.05, 0.1) is 5.52 Å². The molecule has 0 saturated carbocycles. The van der Waals surface area contributed by atoms with Crippen LogP contribution in [0.15, 0.2) is 48.7 Å². The molecule has 32 heavy (non-hydrogen) atoms. The topological polar surface area (TPSA) is 109 Å². The Morgan fingerprint density at radius 1 is 1.22 bits per heavy atom. The molecule has 2 aromatic carbocycles. The molecule has 0 saturated heterocycles. The van der Waals surface area contributed by atoms with Crippen LogP contribution in [0.1, 0.15) is 23.9 Å². The predicted octanol–water partition coefficient (Wildman–Crippen LogP) is 3.46. The van der Waals surface area contributed by atoms with Crippen LogP contribution >= 0.6 is 0 Å². The molecule has 4 N–H and O–H groups in total. The molecule has 1 aliphatic rings. The van der Waals surface area contributed by atoms with Crippen LogP contribution in [0.2, 0.25) is 0 Å². The van der Waals surface area contributed by atoms with E-state index in [1.807, 2.05) is 42.5 Å². The summed E-state index contributed by atoms with van der Waals surface area (Å²) in [5.74, 6) is 2.71. The number of nitrogens with zero attached hydrogens (tertiary/aromatic N) is 3. The van der Waals surface area contributed by atoms with Gasteiger partial charge in [0.25, 0.3) is 0 Å². The third-order valence-corrected chi connectivity index (χ3v) is 5.25. The summed E-state index contributed by atoms with van der Waals surface area (Å²) in [5, 5.41) is 11.9.